The van der Waals surface area contributed by atoms with Gasteiger partial charge < -0.3 is 5.11 Å². The molecule has 0 aliphatic carbocycles. The van der Waals surface area contributed by atoms with Crippen molar-refractivity contribution >= 4 is 23.4 Å². The van der Waals surface area contributed by atoms with Gasteiger partial charge in [-0.25, -0.2) is 0 Å². The van der Waals surface area contributed by atoms with Crippen LogP contribution in [0.3, 0.4) is 0 Å². The molecule has 1 heterocycles. The van der Waals surface area contributed by atoms with Crippen LogP contribution in [0.1, 0.15) is 17.5 Å². The molecule has 2 unspecified atom stereocenters. The molecule has 1 fully saturated rings. The molecule has 2 atom stereocenters. The minimum absolute atomic E-state index is 0.241. The summed E-state index contributed by atoms with van der Waals surface area (Å²) in [4.78, 5) is 0. The first kappa shape index (κ1) is 12.3. The number of halogens is 1. The lowest BCUT2D eigenvalue weighted by Gasteiger charge is -2.17. The molecular weight excluding hydrogens is 240 g/mol. The average Bonchev–Trinajstić information content (AvgIpc) is 2.75. The second-order valence-corrected chi connectivity index (χ2v) is 6.05. The van der Waals surface area contributed by atoms with Crippen molar-refractivity contribution in [3.05, 3.63) is 34.3 Å². The summed E-state index contributed by atoms with van der Waals surface area (Å²) < 4.78 is 0. The Kier molecular flexibility index (Phi) is 4.17. The SMILES string of the molecule is Cc1ccc(CC(O)C2CCSC2)c(Cl)c1. The van der Waals surface area contributed by atoms with Crippen LogP contribution in [0.15, 0.2) is 18.2 Å². The molecular formula is C13H17ClOS. The van der Waals surface area contributed by atoms with Gasteiger partial charge in [-0.2, -0.15) is 11.8 Å². The van der Waals surface area contributed by atoms with Crippen molar-refractivity contribution in [1.29, 1.82) is 0 Å². The number of benzene rings is 1. The van der Waals surface area contributed by atoms with Crippen molar-refractivity contribution in [1.82, 2.24) is 0 Å². The molecule has 0 saturated carbocycles. The second-order valence-electron chi connectivity index (χ2n) is 4.49. The van der Waals surface area contributed by atoms with Crippen LogP contribution in [0.25, 0.3) is 0 Å². The van der Waals surface area contributed by atoms with Crippen molar-refractivity contribution in [3.8, 4) is 0 Å². The Morgan fingerprint density at radius 3 is 3.00 bits per heavy atom. The molecule has 16 heavy (non-hydrogen) atoms. The van der Waals surface area contributed by atoms with Gasteiger partial charge in [-0.05, 0) is 48.0 Å². The zero-order chi connectivity index (χ0) is 11.5. The molecule has 1 aromatic rings. The van der Waals surface area contributed by atoms with Crippen LogP contribution in [-0.2, 0) is 6.42 Å². The highest BCUT2D eigenvalue weighted by Crippen LogP contribution is 2.29. The van der Waals surface area contributed by atoms with E-state index in [1.165, 1.54) is 11.3 Å². The Hall–Kier alpha value is -0.180. The van der Waals surface area contributed by atoms with Gasteiger partial charge in [-0.15, -0.1) is 0 Å². The number of aliphatic hydroxyl groups is 1. The van der Waals surface area contributed by atoms with Gasteiger partial charge in [0.05, 0.1) is 6.10 Å². The van der Waals surface area contributed by atoms with E-state index in [-0.39, 0.29) is 6.10 Å². The lowest BCUT2D eigenvalue weighted by atomic mass is 9.95. The second kappa shape index (κ2) is 5.44. The molecule has 1 N–H and O–H groups in total. The van der Waals surface area contributed by atoms with Crippen LogP contribution >= 0.6 is 23.4 Å². The molecule has 2 rings (SSSR count). The highest BCUT2D eigenvalue weighted by atomic mass is 35.5. The van der Waals surface area contributed by atoms with Crippen molar-refractivity contribution in [3.63, 3.8) is 0 Å². The van der Waals surface area contributed by atoms with Crippen molar-refractivity contribution in [2.75, 3.05) is 11.5 Å². The normalized spacial score (nSPS) is 22.3. The van der Waals surface area contributed by atoms with E-state index < -0.39 is 0 Å². The molecule has 0 aromatic heterocycles. The summed E-state index contributed by atoms with van der Waals surface area (Å²) in [6.45, 7) is 2.03. The van der Waals surface area contributed by atoms with Crippen LogP contribution in [0, 0.1) is 12.8 Å². The third-order valence-electron chi connectivity index (χ3n) is 3.15. The third-order valence-corrected chi connectivity index (χ3v) is 4.69. The van der Waals surface area contributed by atoms with Crippen molar-refractivity contribution in [2.45, 2.75) is 25.9 Å². The zero-order valence-electron chi connectivity index (χ0n) is 9.45. The summed E-state index contributed by atoms with van der Waals surface area (Å²) in [5, 5.41) is 10.9. The number of aliphatic hydroxyl groups excluding tert-OH is 1. The van der Waals surface area contributed by atoms with E-state index >= 15 is 0 Å². The van der Waals surface area contributed by atoms with Crippen LogP contribution < -0.4 is 0 Å². The topological polar surface area (TPSA) is 20.2 Å². The summed E-state index contributed by atoms with van der Waals surface area (Å²) in [6.07, 6.45) is 1.58. The summed E-state index contributed by atoms with van der Waals surface area (Å²) in [5.74, 6) is 2.72. The zero-order valence-corrected chi connectivity index (χ0v) is 11.0. The Balaban J connectivity index is 2.02. The summed E-state index contributed by atoms with van der Waals surface area (Å²) in [6, 6.07) is 6.05. The molecule has 0 amide bonds. The van der Waals surface area contributed by atoms with E-state index in [9.17, 15) is 5.11 Å². The fraction of sp³-hybridized carbons (Fsp3) is 0.538. The number of aryl methyl sites for hydroxylation is 1. The average molecular weight is 257 g/mol. The standard InChI is InChI=1S/C13H17ClOS/c1-9-2-3-10(12(14)6-9)7-13(15)11-4-5-16-8-11/h2-3,6,11,13,15H,4-5,7-8H2,1H3. The maximum Gasteiger partial charge on any atom is 0.0617 e. The molecule has 3 heteroatoms. The van der Waals surface area contributed by atoms with Gasteiger partial charge in [0.15, 0.2) is 0 Å². The maximum atomic E-state index is 10.1. The van der Waals surface area contributed by atoms with E-state index in [1.807, 2.05) is 30.8 Å². The molecule has 1 aliphatic rings. The molecule has 0 radical (unpaired) electrons. The highest BCUT2D eigenvalue weighted by Gasteiger charge is 2.24. The van der Waals surface area contributed by atoms with Crippen LogP contribution in [-0.4, -0.2) is 22.7 Å². The number of thioether (sulfide) groups is 1. The Morgan fingerprint density at radius 2 is 2.38 bits per heavy atom. The van der Waals surface area contributed by atoms with Gasteiger partial charge in [0, 0.05) is 11.4 Å². The molecule has 88 valence electrons. The van der Waals surface area contributed by atoms with E-state index in [0.29, 0.717) is 12.3 Å². The van der Waals surface area contributed by atoms with E-state index in [1.54, 1.807) is 0 Å². The van der Waals surface area contributed by atoms with E-state index in [4.69, 9.17) is 11.6 Å². The number of hydrogen-bond donors (Lipinski definition) is 1. The van der Waals surface area contributed by atoms with Gasteiger partial charge in [-0.1, -0.05) is 23.7 Å². The lowest BCUT2D eigenvalue weighted by Crippen LogP contribution is -2.22. The minimum atomic E-state index is -0.241. The number of hydrogen-bond acceptors (Lipinski definition) is 2. The quantitative estimate of drug-likeness (QED) is 0.896. The molecule has 1 saturated heterocycles. The van der Waals surface area contributed by atoms with E-state index in [0.717, 1.165) is 22.8 Å². The lowest BCUT2D eigenvalue weighted by molar-refractivity contribution is 0.120. The monoisotopic (exact) mass is 256 g/mol. The van der Waals surface area contributed by atoms with Crippen molar-refractivity contribution in [2.24, 2.45) is 5.92 Å². The summed E-state index contributed by atoms with van der Waals surface area (Å²) >= 11 is 8.10. The fourth-order valence-electron chi connectivity index (χ4n) is 2.07. The van der Waals surface area contributed by atoms with Gasteiger partial charge in [0.2, 0.25) is 0 Å². The van der Waals surface area contributed by atoms with Gasteiger partial charge in [-0.3, -0.25) is 0 Å². The van der Waals surface area contributed by atoms with Crippen LogP contribution in [0.2, 0.25) is 5.02 Å². The predicted molar refractivity (Wildman–Crippen MR) is 71.3 cm³/mol. The van der Waals surface area contributed by atoms with Crippen molar-refractivity contribution < 1.29 is 5.11 Å². The summed E-state index contributed by atoms with van der Waals surface area (Å²) in [5.41, 5.74) is 2.23. The first-order valence-electron chi connectivity index (χ1n) is 5.67. The Morgan fingerprint density at radius 1 is 1.56 bits per heavy atom. The first-order chi connectivity index (χ1) is 7.66. The molecule has 1 aromatic carbocycles. The Labute approximate surface area is 106 Å². The molecule has 1 nitrogen and oxygen atoms in total. The Bertz CT molecular complexity index is 361. The molecule has 1 aliphatic heterocycles. The van der Waals surface area contributed by atoms with Crippen LogP contribution in [0.4, 0.5) is 0 Å². The van der Waals surface area contributed by atoms with Gasteiger partial charge in [0.1, 0.15) is 0 Å². The van der Waals surface area contributed by atoms with E-state index in [2.05, 4.69) is 6.07 Å². The maximum absolute atomic E-state index is 10.1. The highest BCUT2D eigenvalue weighted by molar-refractivity contribution is 7.99. The van der Waals surface area contributed by atoms with Gasteiger partial charge >= 0.3 is 0 Å². The smallest absolute Gasteiger partial charge is 0.0617 e. The first-order valence-corrected chi connectivity index (χ1v) is 7.21. The van der Waals surface area contributed by atoms with Gasteiger partial charge in [0.25, 0.3) is 0 Å². The van der Waals surface area contributed by atoms with Crippen LogP contribution in [0.5, 0.6) is 0 Å². The summed E-state index contributed by atoms with van der Waals surface area (Å²) in [7, 11) is 0. The predicted octanol–water partition coefficient (Wildman–Crippen LogP) is 3.30. The molecule has 0 bridgehead atoms. The molecule has 0 spiro atoms. The third kappa shape index (κ3) is 2.93. The number of rotatable bonds is 3. The minimum Gasteiger partial charge on any atom is -0.392 e. The fourth-order valence-corrected chi connectivity index (χ4v) is 3.71. The largest absolute Gasteiger partial charge is 0.392 e.